The van der Waals surface area contributed by atoms with Gasteiger partial charge in [-0.1, -0.05) is 0 Å². The summed E-state index contributed by atoms with van der Waals surface area (Å²) >= 11 is 0. The summed E-state index contributed by atoms with van der Waals surface area (Å²) in [6.07, 6.45) is 1.93. The van der Waals surface area contributed by atoms with Crippen LogP contribution >= 0.6 is 0 Å². The summed E-state index contributed by atoms with van der Waals surface area (Å²) < 4.78 is 12.0. The number of piperazine rings is 1. The van der Waals surface area contributed by atoms with E-state index in [1.807, 2.05) is 38.1 Å². The first-order valence-electron chi connectivity index (χ1n) is 11.8. The molecule has 9 nitrogen and oxygen atoms in total. The van der Waals surface area contributed by atoms with Crippen molar-refractivity contribution in [1.82, 2.24) is 30.0 Å². The number of nitrogens with zero attached hydrogens (tertiary/aromatic N) is 6. The Morgan fingerprint density at radius 1 is 1.12 bits per heavy atom. The Balaban J connectivity index is 1.33. The van der Waals surface area contributed by atoms with Crippen LogP contribution in [0.1, 0.15) is 13.8 Å². The summed E-state index contributed by atoms with van der Waals surface area (Å²) in [6, 6.07) is 8.01. The van der Waals surface area contributed by atoms with Gasteiger partial charge in [0, 0.05) is 57.3 Å². The lowest BCUT2D eigenvalue weighted by Gasteiger charge is -2.38. The third-order valence-electron chi connectivity index (χ3n) is 6.32. The lowest BCUT2D eigenvalue weighted by molar-refractivity contribution is 0.00662. The maximum atomic E-state index is 6.09. The van der Waals surface area contributed by atoms with Crippen LogP contribution in [0.5, 0.6) is 5.75 Å². The fourth-order valence-electron chi connectivity index (χ4n) is 4.54. The molecule has 176 valence electrons. The Morgan fingerprint density at radius 2 is 1.97 bits per heavy atom. The van der Waals surface area contributed by atoms with E-state index in [0.29, 0.717) is 6.61 Å². The van der Waals surface area contributed by atoms with E-state index < -0.39 is 0 Å². The SMILES string of the molecule is CC(C)Oc1ccc2[nH]nc(-c3cc(N4CCO[C@H](CN5CCN(C)CC5)C4)ncn3)c2c1. The van der Waals surface area contributed by atoms with Crippen LogP contribution in [0, 0.1) is 0 Å². The van der Waals surface area contributed by atoms with E-state index in [0.717, 1.165) is 79.7 Å². The van der Waals surface area contributed by atoms with E-state index in [-0.39, 0.29) is 12.2 Å². The van der Waals surface area contributed by atoms with Gasteiger partial charge in [0.1, 0.15) is 23.6 Å². The fraction of sp³-hybridized carbons (Fsp3) is 0.542. The molecule has 2 saturated heterocycles. The quantitative estimate of drug-likeness (QED) is 0.611. The van der Waals surface area contributed by atoms with Crippen LogP contribution in [-0.4, -0.2) is 102 Å². The molecule has 5 rings (SSSR count). The molecule has 0 spiro atoms. The molecular weight excluding hydrogens is 418 g/mol. The lowest BCUT2D eigenvalue weighted by atomic mass is 10.1. The zero-order chi connectivity index (χ0) is 22.8. The number of hydrogen-bond acceptors (Lipinski definition) is 8. The number of fused-ring (bicyclic) bond motifs is 1. The topological polar surface area (TPSA) is 82.6 Å². The van der Waals surface area contributed by atoms with Gasteiger partial charge in [-0.3, -0.25) is 10.00 Å². The van der Waals surface area contributed by atoms with Gasteiger partial charge >= 0.3 is 0 Å². The van der Waals surface area contributed by atoms with Gasteiger partial charge in [0.2, 0.25) is 0 Å². The highest BCUT2D eigenvalue weighted by Gasteiger charge is 2.25. The molecule has 1 N–H and O–H groups in total. The van der Waals surface area contributed by atoms with Crippen LogP contribution in [0.25, 0.3) is 22.3 Å². The highest BCUT2D eigenvalue weighted by atomic mass is 16.5. The lowest BCUT2D eigenvalue weighted by Crippen LogP contribution is -2.52. The molecule has 2 fully saturated rings. The monoisotopic (exact) mass is 451 g/mol. The zero-order valence-electron chi connectivity index (χ0n) is 19.7. The van der Waals surface area contributed by atoms with Crippen LogP contribution in [0.2, 0.25) is 0 Å². The van der Waals surface area contributed by atoms with Crippen molar-refractivity contribution in [3.05, 3.63) is 30.6 Å². The Labute approximate surface area is 194 Å². The zero-order valence-corrected chi connectivity index (χ0v) is 19.7. The molecule has 0 bridgehead atoms. The molecule has 2 aliphatic rings. The van der Waals surface area contributed by atoms with Crippen molar-refractivity contribution in [2.75, 3.05) is 64.4 Å². The van der Waals surface area contributed by atoms with E-state index in [2.05, 4.69) is 41.9 Å². The van der Waals surface area contributed by atoms with Gasteiger partial charge in [-0.2, -0.15) is 5.10 Å². The van der Waals surface area contributed by atoms with Crippen molar-refractivity contribution in [2.45, 2.75) is 26.1 Å². The van der Waals surface area contributed by atoms with E-state index in [1.165, 1.54) is 0 Å². The number of likely N-dealkylation sites (N-methyl/N-ethyl adjacent to an activating group) is 1. The second kappa shape index (κ2) is 9.62. The van der Waals surface area contributed by atoms with Gasteiger partial charge in [0.05, 0.1) is 30.0 Å². The second-order valence-corrected chi connectivity index (χ2v) is 9.25. The number of anilines is 1. The highest BCUT2D eigenvalue weighted by Crippen LogP contribution is 2.30. The number of rotatable bonds is 6. The molecule has 0 aliphatic carbocycles. The van der Waals surface area contributed by atoms with Crippen molar-refractivity contribution in [3.63, 3.8) is 0 Å². The Morgan fingerprint density at radius 3 is 2.79 bits per heavy atom. The Bertz CT molecular complexity index is 1080. The van der Waals surface area contributed by atoms with Crippen molar-refractivity contribution >= 4 is 16.7 Å². The van der Waals surface area contributed by atoms with E-state index in [4.69, 9.17) is 9.47 Å². The highest BCUT2D eigenvalue weighted by molar-refractivity contribution is 5.93. The molecular formula is C24H33N7O2. The molecule has 0 amide bonds. The van der Waals surface area contributed by atoms with Gasteiger partial charge < -0.3 is 19.3 Å². The van der Waals surface area contributed by atoms with E-state index >= 15 is 0 Å². The minimum absolute atomic E-state index is 0.114. The number of morpholine rings is 1. The maximum Gasteiger partial charge on any atom is 0.132 e. The smallest absolute Gasteiger partial charge is 0.132 e. The summed E-state index contributed by atoms with van der Waals surface area (Å²) in [4.78, 5) is 16.3. The van der Waals surface area contributed by atoms with Crippen molar-refractivity contribution in [2.24, 2.45) is 0 Å². The molecule has 3 aromatic rings. The predicted octanol–water partition coefficient (Wildman–Crippen LogP) is 2.26. The number of aromatic amines is 1. The number of benzene rings is 1. The van der Waals surface area contributed by atoms with Gasteiger partial charge in [0.25, 0.3) is 0 Å². The molecule has 4 heterocycles. The van der Waals surface area contributed by atoms with Crippen LogP contribution in [0.3, 0.4) is 0 Å². The average Bonchev–Trinajstić information content (AvgIpc) is 3.24. The van der Waals surface area contributed by atoms with Crippen LogP contribution in [0.4, 0.5) is 5.82 Å². The van der Waals surface area contributed by atoms with Crippen LogP contribution in [0.15, 0.2) is 30.6 Å². The second-order valence-electron chi connectivity index (χ2n) is 9.25. The third-order valence-corrected chi connectivity index (χ3v) is 6.32. The standard InChI is InChI=1S/C24H33N7O2/c1-17(2)33-18-4-5-21-20(12-18)24(28-27-21)22-13-23(26-16-25-22)31-10-11-32-19(15-31)14-30-8-6-29(3)7-9-30/h4-5,12-13,16-17,19H,6-11,14-15H2,1-3H3,(H,27,28)/t19-/m1/s1. The van der Waals surface area contributed by atoms with Gasteiger partial charge in [-0.15, -0.1) is 0 Å². The summed E-state index contributed by atoms with van der Waals surface area (Å²) in [5, 5.41) is 8.65. The molecule has 0 saturated carbocycles. The van der Waals surface area contributed by atoms with Crippen LogP contribution < -0.4 is 9.64 Å². The normalized spacial score (nSPS) is 20.6. The third kappa shape index (κ3) is 5.10. The first kappa shape index (κ1) is 22.1. The molecule has 1 aromatic carbocycles. The molecule has 1 atom stereocenters. The summed E-state index contributed by atoms with van der Waals surface area (Å²) in [6.45, 7) is 11.8. The Hall–Kier alpha value is -2.75. The van der Waals surface area contributed by atoms with E-state index in [9.17, 15) is 0 Å². The molecule has 0 radical (unpaired) electrons. The molecule has 0 unspecified atom stereocenters. The minimum atomic E-state index is 0.114. The van der Waals surface area contributed by atoms with Gasteiger partial charge in [0.15, 0.2) is 0 Å². The summed E-state index contributed by atoms with van der Waals surface area (Å²) in [5.41, 5.74) is 2.57. The molecule has 2 aliphatic heterocycles. The predicted molar refractivity (Wildman–Crippen MR) is 129 cm³/mol. The molecule has 33 heavy (non-hydrogen) atoms. The number of hydrogen-bond donors (Lipinski definition) is 1. The minimum Gasteiger partial charge on any atom is -0.491 e. The number of aromatic nitrogens is 4. The number of ether oxygens (including phenoxy) is 2. The maximum absolute atomic E-state index is 6.09. The largest absolute Gasteiger partial charge is 0.491 e. The molecule has 2 aromatic heterocycles. The van der Waals surface area contributed by atoms with Gasteiger partial charge in [-0.05, 0) is 39.1 Å². The van der Waals surface area contributed by atoms with Crippen LogP contribution in [-0.2, 0) is 4.74 Å². The van der Waals surface area contributed by atoms with Crippen molar-refractivity contribution < 1.29 is 9.47 Å². The number of nitrogens with one attached hydrogen (secondary N) is 1. The fourth-order valence-corrected chi connectivity index (χ4v) is 4.54. The number of H-pyrrole nitrogens is 1. The van der Waals surface area contributed by atoms with Crippen molar-refractivity contribution in [1.29, 1.82) is 0 Å². The summed E-state index contributed by atoms with van der Waals surface area (Å²) in [7, 11) is 2.18. The first-order valence-corrected chi connectivity index (χ1v) is 11.8. The van der Waals surface area contributed by atoms with E-state index in [1.54, 1.807) is 6.33 Å². The molecule has 9 heteroatoms. The summed E-state index contributed by atoms with van der Waals surface area (Å²) in [5.74, 6) is 1.74. The average molecular weight is 452 g/mol. The Kier molecular flexibility index (Phi) is 6.43. The first-order chi connectivity index (χ1) is 16.0. The van der Waals surface area contributed by atoms with Crippen molar-refractivity contribution in [3.8, 4) is 17.1 Å². The van der Waals surface area contributed by atoms with Gasteiger partial charge in [-0.25, -0.2) is 9.97 Å².